The monoisotopic (exact) mass is 201 g/mol. The first-order valence-electron chi connectivity index (χ1n) is 5.18. The summed E-state index contributed by atoms with van der Waals surface area (Å²) in [7, 11) is 0. The van der Waals surface area contributed by atoms with Crippen molar-refractivity contribution >= 4 is 5.91 Å². The Hall–Kier alpha value is -0.570. The summed E-state index contributed by atoms with van der Waals surface area (Å²) in [5, 5.41) is 11.7. The van der Waals surface area contributed by atoms with Gasteiger partial charge in [-0.15, -0.1) is 0 Å². The number of amides is 1. The van der Waals surface area contributed by atoms with Crippen LogP contribution in [0.3, 0.4) is 0 Å². The predicted molar refractivity (Wildman–Crippen MR) is 57.9 cm³/mol. The molecule has 0 saturated heterocycles. The zero-order valence-corrected chi connectivity index (χ0v) is 9.92. The van der Waals surface area contributed by atoms with Crippen molar-refractivity contribution in [2.75, 3.05) is 6.54 Å². The van der Waals surface area contributed by atoms with Crippen molar-refractivity contribution in [3.8, 4) is 0 Å². The minimum atomic E-state index is -0.469. The normalized spacial score (nSPS) is 16.1. The van der Waals surface area contributed by atoms with E-state index in [9.17, 15) is 4.79 Å². The van der Waals surface area contributed by atoms with Gasteiger partial charge >= 0.3 is 0 Å². The number of hydrogen-bond acceptors (Lipinski definition) is 2. The largest absolute Gasteiger partial charge is 0.392 e. The van der Waals surface area contributed by atoms with Crippen LogP contribution in [0.1, 0.15) is 41.0 Å². The molecule has 84 valence electrons. The van der Waals surface area contributed by atoms with Gasteiger partial charge in [0.15, 0.2) is 0 Å². The van der Waals surface area contributed by atoms with Crippen LogP contribution in [0.5, 0.6) is 0 Å². The van der Waals surface area contributed by atoms with Gasteiger partial charge in [0.2, 0.25) is 5.91 Å². The van der Waals surface area contributed by atoms with Gasteiger partial charge in [0.25, 0.3) is 0 Å². The molecule has 0 aromatic heterocycles. The first kappa shape index (κ1) is 13.4. The van der Waals surface area contributed by atoms with Crippen molar-refractivity contribution in [1.82, 2.24) is 5.32 Å². The summed E-state index contributed by atoms with van der Waals surface area (Å²) in [6.07, 6.45) is 0.0554. The van der Waals surface area contributed by atoms with Gasteiger partial charge in [0.05, 0.1) is 6.10 Å². The molecule has 1 unspecified atom stereocenters. The lowest BCUT2D eigenvalue weighted by molar-refractivity contribution is -0.123. The van der Waals surface area contributed by atoms with E-state index in [1.54, 1.807) is 6.92 Å². The standard InChI is InChI=1S/C11H23NO2/c1-8(11(3,4)5)6-10(14)12-7-9(2)13/h8-9,13H,6-7H2,1-5H3,(H,12,14)/t8?,9-/m1/s1. The summed E-state index contributed by atoms with van der Waals surface area (Å²) in [5.41, 5.74) is 0.155. The maximum Gasteiger partial charge on any atom is 0.220 e. The molecule has 0 fully saturated rings. The van der Waals surface area contributed by atoms with Gasteiger partial charge in [-0.3, -0.25) is 4.79 Å². The molecular formula is C11H23NO2. The Morgan fingerprint density at radius 1 is 1.36 bits per heavy atom. The van der Waals surface area contributed by atoms with Crippen LogP contribution < -0.4 is 5.32 Å². The summed E-state index contributed by atoms with van der Waals surface area (Å²) in [6, 6.07) is 0. The second-order valence-electron chi connectivity index (χ2n) is 5.12. The molecular weight excluding hydrogens is 178 g/mol. The van der Waals surface area contributed by atoms with E-state index in [1.165, 1.54) is 0 Å². The van der Waals surface area contributed by atoms with Crippen LogP contribution in [0.25, 0.3) is 0 Å². The summed E-state index contributed by atoms with van der Waals surface area (Å²) in [6.45, 7) is 10.4. The topological polar surface area (TPSA) is 49.3 Å². The van der Waals surface area contributed by atoms with Gasteiger partial charge in [-0.25, -0.2) is 0 Å². The fraction of sp³-hybridized carbons (Fsp3) is 0.909. The molecule has 0 radical (unpaired) electrons. The Morgan fingerprint density at radius 2 is 1.86 bits per heavy atom. The smallest absolute Gasteiger partial charge is 0.220 e. The first-order valence-corrected chi connectivity index (χ1v) is 5.18. The van der Waals surface area contributed by atoms with Gasteiger partial charge in [0, 0.05) is 13.0 Å². The Balaban J connectivity index is 3.84. The number of nitrogens with one attached hydrogen (secondary N) is 1. The zero-order chi connectivity index (χ0) is 11.4. The second kappa shape index (κ2) is 5.35. The average Bonchev–Trinajstić information content (AvgIpc) is 1.99. The molecule has 0 aromatic carbocycles. The van der Waals surface area contributed by atoms with Crippen molar-refractivity contribution in [3.05, 3.63) is 0 Å². The van der Waals surface area contributed by atoms with Gasteiger partial charge < -0.3 is 10.4 Å². The van der Waals surface area contributed by atoms with E-state index in [0.717, 1.165) is 0 Å². The van der Waals surface area contributed by atoms with Crippen molar-refractivity contribution in [1.29, 1.82) is 0 Å². The van der Waals surface area contributed by atoms with Gasteiger partial charge in [0.1, 0.15) is 0 Å². The quantitative estimate of drug-likeness (QED) is 0.725. The minimum absolute atomic E-state index is 0.0216. The Kier molecular flexibility index (Phi) is 5.13. The molecule has 0 spiro atoms. The van der Waals surface area contributed by atoms with Crippen molar-refractivity contribution in [2.45, 2.75) is 47.1 Å². The summed E-state index contributed by atoms with van der Waals surface area (Å²) in [4.78, 5) is 11.4. The van der Waals surface area contributed by atoms with Crippen LogP contribution in [0, 0.1) is 11.3 Å². The Morgan fingerprint density at radius 3 is 2.21 bits per heavy atom. The van der Waals surface area contributed by atoms with Crippen molar-refractivity contribution in [3.63, 3.8) is 0 Å². The molecule has 14 heavy (non-hydrogen) atoms. The van der Waals surface area contributed by atoms with Crippen LogP contribution in [0.2, 0.25) is 0 Å². The van der Waals surface area contributed by atoms with E-state index >= 15 is 0 Å². The molecule has 0 bridgehead atoms. The third kappa shape index (κ3) is 5.97. The summed E-state index contributed by atoms with van der Waals surface area (Å²) < 4.78 is 0. The van der Waals surface area contributed by atoms with Crippen molar-refractivity contribution < 1.29 is 9.90 Å². The van der Waals surface area contributed by atoms with E-state index in [4.69, 9.17) is 5.11 Å². The average molecular weight is 201 g/mol. The molecule has 0 aromatic rings. The molecule has 0 aliphatic carbocycles. The highest BCUT2D eigenvalue weighted by Gasteiger charge is 2.22. The molecule has 0 aliphatic heterocycles. The molecule has 0 heterocycles. The molecule has 3 nitrogen and oxygen atoms in total. The molecule has 2 N–H and O–H groups in total. The highest BCUT2D eigenvalue weighted by molar-refractivity contribution is 5.76. The highest BCUT2D eigenvalue weighted by Crippen LogP contribution is 2.27. The van der Waals surface area contributed by atoms with Crippen LogP contribution in [0.15, 0.2) is 0 Å². The van der Waals surface area contributed by atoms with Crippen LogP contribution in [-0.4, -0.2) is 23.7 Å². The SMILES string of the molecule is CC(CC(=O)NC[C@@H](C)O)C(C)(C)C. The van der Waals surface area contributed by atoms with Crippen LogP contribution in [-0.2, 0) is 4.79 Å². The lowest BCUT2D eigenvalue weighted by Crippen LogP contribution is -2.33. The number of aliphatic hydroxyl groups is 1. The number of carbonyl (C=O) groups is 1. The molecule has 0 saturated carbocycles. The minimum Gasteiger partial charge on any atom is -0.392 e. The Labute approximate surface area is 86.9 Å². The van der Waals surface area contributed by atoms with E-state index in [-0.39, 0.29) is 11.3 Å². The van der Waals surface area contributed by atoms with E-state index in [2.05, 4.69) is 33.0 Å². The van der Waals surface area contributed by atoms with Gasteiger partial charge in [-0.05, 0) is 18.3 Å². The molecule has 3 heteroatoms. The van der Waals surface area contributed by atoms with E-state index in [1.807, 2.05) is 0 Å². The summed E-state index contributed by atoms with van der Waals surface area (Å²) >= 11 is 0. The third-order valence-electron chi connectivity index (χ3n) is 2.56. The second-order valence-corrected chi connectivity index (χ2v) is 5.12. The van der Waals surface area contributed by atoms with E-state index < -0.39 is 6.10 Å². The van der Waals surface area contributed by atoms with Crippen LogP contribution in [0.4, 0.5) is 0 Å². The van der Waals surface area contributed by atoms with E-state index in [0.29, 0.717) is 18.9 Å². The van der Waals surface area contributed by atoms with Gasteiger partial charge in [-0.1, -0.05) is 27.7 Å². The number of aliphatic hydroxyl groups excluding tert-OH is 1. The molecule has 0 rings (SSSR count). The lowest BCUT2D eigenvalue weighted by atomic mass is 9.80. The fourth-order valence-electron chi connectivity index (χ4n) is 0.918. The third-order valence-corrected chi connectivity index (χ3v) is 2.56. The molecule has 1 amide bonds. The predicted octanol–water partition coefficient (Wildman–Crippen LogP) is 1.56. The maximum absolute atomic E-state index is 11.4. The van der Waals surface area contributed by atoms with Crippen molar-refractivity contribution in [2.24, 2.45) is 11.3 Å². The number of carbonyl (C=O) groups excluding carboxylic acids is 1. The summed E-state index contributed by atoms with van der Waals surface area (Å²) in [5.74, 6) is 0.366. The number of rotatable bonds is 4. The molecule has 0 aliphatic rings. The fourth-order valence-corrected chi connectivity index (χ4v) is 0.918. The number of hydrogen-bond donors (Lipinski definition) is 2. The first-order chi connectivity index (χ1) is 6.23. The van der Waals surface area contributed by atoms with Crippen LogP contribution >= 0.6 is 0 Å². The highest BCUT2D eigenvalue weighted by atomic mass is 16.3. The Bertz CT molecular complexity index is 182. The molecule has 2 atom stereocenters. The lowest BCUT2D eigenvalue weighted by Gasteiger charge is -2.26. The van der Waals surface area contributed by atoms with Gasteiger partial charge in [-0.2, -0.15) is 0 Å². The maximum atomic E-state index is 11.4. The zero-order valence-electron chi connectivity index (χ0n) is 9.92.